The minimum absolute atomic E-state index is 0.152. The van der Waals surface area contributed by atoms with E-state index in [0.29, 0.717) is 25.9 Å². The van der Waals surface area contributed by atoms with Crippen LogP contribution in [-0.4, -0.2) is 39.8 Å². The van der Waals surface area contributed by atoms with Crippen molar-refractivity contribution in [1.29, 1.82) is 0 Å². The monoisotopic (exact) mass is 374 g/mol. The molecule has 7 heteroatoms. The second-order valence-electron chi connectivity index (χ2n) is 7.57. The van der Waals surface area contributed by atoms with Crippen LogP contribution in [0.2, 0.25) is 0 Å². The summed E-state index contributed by atoms with van der Waals surface area (Å²) in [6.45, 7) is 8.73. The normalized spacial score (nSPS) is 17.5. The molecule has 3 rings (SSSR count). The maximum atomic E-state index is 12.8. The predicted molar refractivity (Wildman–Crippen MR) is 102 cm³/mol. The fourth-order valence-electron chi connectivity index (χ4n) is 3.37. The number of rotatable bonds is 6. The van der Waals surface area contributed by atoms with Crippen molar-refractivity contribution in [2.24, 2.45) is 5.41 Å². The molecule has 0 bridgehead atoms. The van der Waals surface area contributed by atoms with Crippen LogP contribution in [0.25, 0.3) is 5.82 Å². The summed E-state index contributed by atoms with van der Waals surface area (Å²) in [4.78, 5) is 4.38. The maximum Gasteiger partial charge on any atom is 0.214 e. The van der Waals surface area contributed by atoms with E-state index in [2.05, 4.69) is 30.5 Å². The number of nitrogens with zero attached hydrogens (tertiary/aromatic N) is 4. The number of allylic oxidation sites excluding steroid dienone is 1. The highest BCUT2D eigenvalue weighted by molar-refractivity contribution is 7.89. The summed E-state index contributed by atoms with van der Waals surface area (Å²) in [5, 5.41) is 4.49. The first-order valence-corrected chi connectivity index (χ1v) is 10.5. The summed E-state index contributed by atoms with van der Waals surface area (Å²) >= 11 is 0. The Hall–Kier alpha value is -1.99. The molecular formula is C19H26N4O2S. The first-order chi connectivity index (χ1) is 12.3. The van der Waals surface area contributed by atoms with E-state index in [9.17, 15) is 8.42 Å². The fourth-order valence-corrected chi connectivity index (χ4v) is 5.04. The van der Waals surface area contributed by atoms with Crippen LogP contribution in [0.4, 0.5) is 0 Å². The van der Waals surface area contributed by atoms with Crippen molar-refractivity contribution in [3.63, 3.8) is 0 Å². The molecule has 0 unspecified atom stereocenters. The average molecular weight is 375 g/mol. The number of unbranched alkanes of at least 4 members (excludes halogenated alkanes) is 1. The van der Waals surface area contributed by atoms with Crippen molar-refractivity contribution in [2.75, 3.05) is 12.3 Å². The van der Waals surface area contributed by atoms with Gasteiger partial charge in [-0.2, -0.15) is 9.40 Å². The van der Waals surface area contributed by atoms with Gasteiger partial charge in [0.1, 0.15) is 0 Å². The highest BCUT2D eigenvalue weighted by atomic mass is 32.2. The van der Waals surface area contributed by atoms with Gasteiger partial charge in [0, 0.05) is 24.8 Å². The molecule has 1 aliphatic heterocycles. The molecule has 0 spiro atoms. The van der Waals surface area contributed by atoms with Gasteiger partial charge in [-0.25, -0.2) is 18.1 Å². The second kappa shape index (κ2) is 7.32. The third-order valence-electron chi connectivity index (χ3n) is 4.62. The zero-order chi connectivity index (χ0) is 18.8. The topological polar surface area (TPSA) is 68.1 Å². The van der Waals surface area contributed by atoms with Gasteiger partial charge < -0.3 is 0 Å². The molecule has 0 aliphatic carbocycles. The van der Waals surface area contributed by atoms with Gasteiger partial charge in [-0.15, -0.1) is 6.58 Å². The van der Waals surface area contributed by atoms with E-state index in [-0.39, 0.29) is 11.2 Å². The van der Waals surface area contributed by atoms with Crippen LogP contribution in [0, 0.1) is 5.41 Å². The molecule has 2 aromatic rings. The van der Waals surface area contributed by atoms with Crippen molar-refractivity contribution >= 4 is 10.0 Å². The van der Waals surface area contributed by atoms with Crippen LogP contribution < -0.4 is 0 Å². The first-order valence-electron chi connectivity index (χ1n) is 8.88. The molecule has 0 fully saturated rings. The molecule has 0 amide bonds. The van der Waals surface area contributed by atoms with Gasteiger partial charge in [-0.1, -0.05) is 26.0 Å². The van der Waals surface area contributed by atoms with Gasteiger partial charge in [0.25, 0.3) is 0 Å². The highest BCUT2D eigenvalue weighted by Gasteiger charge is 2.35. The van der Waals surface area contributed by atoms with Gasteiger partial charge in [0.05, 0.1) is 17.6 Å². The van der Waals surface area contributed by atoms with Crippen molar-refractivity contribution < 1.29 is 8.42 Å². The third kappa shape index (κ3) is 4.04. The van der Waals surface area contributed by atoms with E-state index in [4.69, 9.17) is 0 Å². The van der Waals surface area contributed by atoms with E-state index in [1.165, 1.54) is 0 Å². The van der Waals surface area contributed by atoms with Gasteiger partial charge in [-0.3, -0.25) is 0 Å². The fraction of sp³-hybridized carbons (Fsp3) is 0.474. The zero-order valence-corrected chi connectivity index (χ0v) is 16.2. The quantitative estimate of drug-likeness (QED) is 0.576. The molecule has 0 aromatic carbocycles. The molecule has 0 saturated carbocycles. The lowest BCUT2D eigenvalue weighted by atomic mass is 9.88. The summed E-state index contributed by atoms with van der Waals surface area (Å²) < 4.78 is 29.1. The highest BCUT2D eigenvalue weighted by Crippen LogP contribution is 2.32. The molecule has 0 N–H and O–H groups in total. The van der Waals surface area contributed by atoms with Crippen molar-refractivity contribution in [1.82, 2.24) is 19.1 Å². The van der Waals surface area contributed by atoms with Crippen molar-refractivity contribution in [3.8, 4) is 5.82 Å². The molecule has 2 aromatic heterocycles. The Kier molecular flexibility index (Phi) is 5.29. The summed E-state index contributed by atoms with van der Waals surface area (Å²) in [5.41, 5.74) is 1.80. The lowest BCUT2D eigenvalue weighted by Crippen LogP contribution is -2.38. The first kappa shape index (κ1) is 18.8. The van der Waals surface area contributed by atoms with Crippen molar-refractivity contribution in [2.45, 2.75) is 39.7 Å². The third-order valence-corrected chi connectivity index (χ3v) is 6.47. The van der Waals surface area contributed by atoms with Crippen LogP contribution in [0.3, 0.4) is 0 Å². The number of hydrogen-bond acceptors (Lipinski definition) is 4. The molecule has 0 atom stereocenters. The van der Waals surface area contributed by atoms with Gasteiger partial charge in [0.2, 0.25) is 10.0 Å². The molecule has 6 nitrogen and oxygen atoms in total. The van der Waals surface area contributed by atoms with Crippen LogP contribution in [0.5, 0.6) is 0 Å². The Morgan fingerprint density at radius 2 is 2.15 bits per heavy atom. The summed E-state index contributed by atoms with van der Waals surface area (Å²) in [7, 11) is -3.32. The van der Waals surface area contributed by atoms with E-state index >= 15 is 0 Å². The molecular weight excluding hydrogens is 348 g/mol. The van der Waals surface area contributed by atoms with E-state index in [0.717, 1.165) is 23.5 Å². The largest absolute Gasteiger partial charge is 0.237 e. The zero-order valence-electron chi connectivity index (χ0n) is 15.4. The standard InChI is InChI=1S/C19H26N4O2S/c1-4-5-8-11-26(24,25)22-14-16-13-21-23(18-9-6-7-10-20-18)17(16)12-19(2,3)15-22/h4,6-7,9-10,13H,1,5,8,11-12,14-15H2,2-3H3. The Morgan fingerprint density at radius 1 is 1.35 bits per heavy atom. The SMILES string of the molecule is C=CCCCS(=O)(=O)N1Cc2cnn(-c3ccccn3)c2CC(C)(C)C1. The Bertz CT molecular complexity index is 872. The Morgan fingerprint density at radius 3 is 2.85 bits per heavy atom. The van der Waals surface area contributed by atoms with E-state index in [1.807, 2.05) is 22.9 Å². The molecule has 3 heterocycles. The van der Waals surface area contributed by atoms with Crippen LogP contribution in [0.15, 0.2) is 43.2 Å². The lowest BCUT2D eigenvalue weighted by molar-refractivity contribution is 0.263. The Balaban J connectivity index is 1.94. The Labute approximate surface area is 155 Å². The van der Waals surface area contributed by atoms with Gasteiger partial charge in [-0.05, 0) is 36.8 Å². The molecule has 1 aliphatic rings. The molecule has 140 valence electrons. The predicted octanol–water partition coefficient (Wildman–Crippen LogP) is 2.95. The van der Waals surface area contributed by atoms with Crippen LogP contribution in [-0.2, 0) is 23.0 Å². The van der Waals surface area contributed by atoms with Crippen LogP contribution in [0.1, 0.15) is 37.9 Å². The number of pyridine rings is 1. The summed E-state index contributed by atoms with van der Waals surface area (Å²) in [6.07, 6.45) is 7.33. The molecule has 0 radical (unpaired) electrons. The smallest absolute Gasteiger partial charge is 0.214 e. The number of aromatic nitrogens is 3. The average Bonchev–Trinajstić information content (AvgIpc) is 2.90. The summed E-state index contributed by atoms with van der Waals surface area (Å²) in [6, 6.07) is 5.71. The van der Waals surface area contributed by atoms with E-state index < -0.39 is 10.0 Å². The molecule has 0 saturated heterocycles. The lowest BCUT2D eigenvalue weighted by Gasteiger charge is -2.29. The number of sulfonamides is 1. The van der Waals surface area contributed by atoms with Crippen molar-refractivity contribution in [3.05, 3.63) is 54.5 Å². The summed E-state index contributed by atoms with van der Waals surface area (Å²) in [5.74, 6) is 0.908. The minimum Gasteiger partial charge on any atom is -0.237 e. The second-order valence-corrected chi connectivity index (χ2v) is 9.66. The maximum absolute atomic E-state index is 12.8. The number of hydrogen-bond donors (Lipinski definition) is 0. The van der Waals surface area contributed by atoms with Crippen LogP contribution >= 0.6 is 0 Å². The minimum atomic E-state index is -3.32. The molecule has 26 heavy (non-hydrogen) atoms. The van der Waals surface area contributed by atoms with Gasteiger partial charge in [0.15, 0.2) is 5.82 Å². The number of fused-ring (bicyclic) bond motifs is 1. The van der Waals surface area contributed by atoms with Gasteiger partial charge >= 0.3 is 0 Å². The van der Waals surface area contributed by atoms with E-state index in [1.54, 1.807) is 22.8 Å².